The average Bonchev–Trinajstić information content (AvgIpc) is 2.59. The molecule has 2 rings (SSSR count). The Bertz CT molecular complexity index is 388. The lowest BCUT2D eigenvalue weighted by Gasteiger charge is -2.25. The number of Topliss-reactive ketones (excluding diaryl/α,β-unsaturated/α-hetero) is 1. The number of thiophene rings is 1. The topological polar surface area (TPSA) is 20.3 Å². The van der Waals surface area contributed by atoms with Crippen LogP contribution in [0.4, 0.5) is 0 Å². The molecule has 1 aromatic rings. The lowest BCUT2D eigenvalue weighted by molar-refractivity contribution is 0.0938. The zero-order valence-corrected chi connectivity index (χ0v) is 11.7. The molecule has 1 aliphatic heterocycles. The third kappa shape index (κ3) is 3.14. The van der Waals surface area contributed by atoms with E-state index in [0.29, 0.717) is 20.8 Å². The van der Waals surface area contributed by atoms with E-state index in [1.165, 1.54) is 11.3 Å². The van der Waals surface area contributed by atoms with Crippen LogP contribution in [0.3, 0.4) is 0 Å². The van der Waals surface area contributed by atoms with E-state index in [4.69, 9.17) is 23.2 Å². The van der Waals surface area contributed by atoms with Gasteiger partial charge in [0.25, 0.3) is 0 Å². The van der Waals surface area contributed by atoms with Crippen LogP contribution < -0.4 is 0 Å². The molecule has 16 heavy (non-hydrogen) atoms. The Balaban J connectivity index is 1.99. The molecule has 6 heteroatoms. The van der Waals surface area contributed by atoms with Gasteiger partial charge in [0.2, 0.25) is 0 Å². The van der Waals surface area contributed by atoms with E-state index in [0.717, 1.165) is 24.6 Å². The SMILES string of the molecule is O=C(CN1CCSCC1)c1cc(Cl)sc1Cl. The van der Waals surface area contributed by atoms with E-state index in [9.17, 15) is 4.79 Å². The summed E-state index contributed by atoms with van der Waals surface area (Å²) in [5.74, 6) is 2.27. The summed E-state index contributed by atoms with van der Waals surface area (Å²) in [6, 6.07) is 1.66. The first-order valence-corrected chi connectivity index (χ1v) is 7.67. The average molecular weight is 296 g/mol. The molecule has 88 valence electrons. The van der Waals surface area contributed by atoms with E-state index < -0.39 is 0 Å². The second kappa shape index (κ2) is 5.74. The summed E-state index contributed by atoms with van der Waals surface area (Å²) in [7, 11) is 0. The van der Waals surface area contributed by atoms with Gasteiger partial charge in [-0.15, -0.1) is 11.3 Å². The number of ketones is 1. The predicted octanol–water partition coefficient (Wildman–Crippen LogP) is 3.29. The first-order chi connectivity index (χ1) is 7.66. The minimum absolute atomic E-state index is 0.0695. The Hall–Kier alpha value is 0.260. The minimum Gasteiger partial charge on any atom is -0.294 e. The van der Waals surface area contributed by atoms with E-state index >= 15 is 0 Å². The van der Waals surface area contributed by atoms with Gasteiger partial charge in [-0.1, -0.05) is 23.2 Å². The van der Waals surface area contributed by atoms with Gasteiger partial charge in [0.05, 0.1) is 16.4 Å². The first-order valence-electron chi connectivity index (χ1n) is 4.95. The number of thioether (sulfide) groups is 1. The fraction of sp³-hybridized carbons (Fsp3) is 0.500. The molecule has 0 spiro atoms. The van der Waals surface area contributed by atoms with Gasteiger partial charge >= 0.3 is 0 Å². The van der Waals surface area contributed by atoms with Gasteiger partial charge in [0, 0.05) is 24.6 Å². The van der Waals surface area contributed by atoms with Crippen LogP contribution in [0.25, 0.3) is 0 Å². The van der Waals surface area contributed by atoms with Crippen LogP contribution >= 0.6 is 46.3 Å². The number of halogens is 2. The Morgan fingerprint density at radius 3 is 2.62 bits per heavy atom. The molecule has 0 amide bonds. The molecule has 0 bridgehead atoms. The van der Waals surface area contributed by atoms with E-state index in [1.807, 2.05) is 11.8 Å². The number of hydrogen-bond donors (Lipinski definition) is 0. The summed E-state index contributed by atoms with van der Waals surface area (Å²) in [6.07, 6.45) is 0. The van der Waals surface area contributed by atoms with Crippen LogP contribution in [0.1, 0.15) is 10.4 Å². The highest BCUT2D eigenvalue weighted by Gasteiger charge is 2.18. The van der Waals surface area contributed by atoms with Crippen LogP contribution in [0.2, 0.25) is 8.67 Å². The van der Waals surface area contributed by atoms with E-state index in [-0.39, 0.29) is 5.78 Å². The van der Waals surface area contributed by atoms with Gasteiger partial charge in [0.1, 0.15) is 4.34 Å². The van der Waals surface area contributed by atoms with E-state index in [1.54, 1.807) is 6.07 Å². The molecule has 2 nitrogen and oxygen atoms in total. The van der Waals surface area contributed by atoms with Crippen molar-refractivity contribution in [3.8, 4) is 0 Å². The van der Waals surface area contributed by atoms with Crippen molar-refractivity contribution >= 4 is 52.1 Å². The molecule has 0 aromatic carbocycles. The third-order valence-corrected chi connectivity index (χ3v) is 4.86. The maximum absolute atomic E-state index is 12.0. The van der Waals surface area contributed by atoms with Gasteiger partial charge in [-0.05, 0) is 6.07 Å². The molecule has 0 radical (unpaired) electrons. The Kier molecular flexibility index (Phi) is 4.56. The van der Waals surface area contributed by atoms with Gasteiger partial charge in [0.15, 0.2) is 5.78 Å². The van der Waals surface area contributed by atoms with Gasteiger partial charge in [-0.25, -0.2) is 0 Å². The summed E-state index contributed by atoms with van der Waals surface area (Å²) in [4.78, 5) is 14.1. The smallest absolute Gasteiger partial charge is 0.179 e. The fourth-order valence-corrected chi connectivity index (χ4v) is 4.06. The Morgan fingerprint density at radius 1 is 1.38 bits per heavy atom. The summed E-state index contributed by atoms with van der Waals surface area (Å²) in [5, 5.41) is 0. The summed E-state index contributed by atoms with van der Waals surface area (Å²) in [6.45, 7) is 2.41. The van der Waals surface area contributed by atoms with Crippen molar-refractivity contribution < 1.29 is 4.79 Å². The summed E-state index contributed by atoms with van der Waals surface area (Å²) in [5.41, 5.74) is 0.565. The second-order valence-corrected chi connectivity index (χ2v) is 7.06. The maximum atomic E-state index is 12.0. The number of hydrogen-bond acceptors (Lipinski definition) is 4. The molecule has 0 N–H and O–H groups in total. The van der Waals surface area contributed by atoms with E-state index in [2.05, 4.69) is 4.90 Å². The first kappa shape index (κ1) is 12.7. The highest BCUT2D eigenvalue weighted by molar-refractivity contribution is 7.99. The monoisotopic (exact) mass is 295 g/mol. The molecule has 0 aliphatic carbocycles. The van der Waals surface area contributed by atoms with Crippen LogP contribution in [0.5, 0.6) is 0 Å². The zero-order valence-electron chi connectivity index (χ0n) is 8.54. The van der Waals surface area contributed by atoms with Crippen molar-refractivity contribution in [1.82, 2.24) is 4.90 Å². The maximum Gasteiger partial charge on any atom is 0.179 e. The second-order valence-electron chi connectivity index (χ2n) is 3.55. The summed E-state index contributed by atoms with van der Waals surface area (Å²) < 4.78 is 1.07. The van der Waals surface area contributed by atoms with Gasteiger partial charge in [-0.2, -0.15) is 11.8 Å². The lowest BCUT2D eigenvalue weighted by Crippen LogP contribution is -2.36. The number of carbonyl (C=O) groups excluding carboxylic acids is 1. The van der Waals surface area contributed by atoms with Crippen molar-refractivity contribution in [1.29, 1.82) is 0 Å². The molecular weight excluding hydrogens is 285 g/mol. The molecule has 1 aliphatic rings. The predicted molar refractivity (Wildman–Crippen MR) is 72.4 cm³/mol. The number of rotatable bonds is 3. The van der Waals surface area contributed by atoms with Crippen molar-refractivity contribution in [2.75, 3.05) is 31.1 Å². The minimum atomic E-state index is 0.0695. The molecular formula is C10H11Cl2NOS2. The Labute approximate surface area is 113 Å². The largest absolute Gasteiger partial charge is 0.294 e. The Morgan fingerprint density at radius 2 is 2.06 bits per heavy atom. The molecule has 1 aromatic heterocycles. The normalized spacial score (nSPS) is 17.6. The third-order valence-electron chi connectivity index (χ3n) is 2.43. The van der Waals surface area contributed by atoms with Crippen LogP contribution in [-0.2, 0) is 0 Å². The number of nitrogens with zero attached hydrogens (tertiary/aromatic N) is 1. The molecule has 1 fully saturated rings. The fourth-order valence-electron chi connectivity index (χ4n) is 1.58. The number of carbonyl (C=O) groups is 1. The van der Waals surface area contributed by atoms with Gasteiger partial charge in [-0.3, -0.25) is 9.69 Å². The van der Waals surface area contributed by atoms with Crippen molar-refractivity contribution in [3.05, 3.63) is 20.3 Å². The lowest BCUT2D eigenvalue weighted by atomic mass is 10.2. The molecule has 1 saturated heterocycles. The summed E-state index contributed by atoms with van der Waals surface area (Å²) >= 11 is 14.9. The standard InChI is InChI=1S/C10H11Cl2NOS2/c11-9-5-7(10(12)16-9)8(14)6-13-1-3-15-4-2-13/h5H,1-4,6H2. The van der Waals surface area contributed by atoms with Crippen molar-refractivity contribution in [3.63, 3.8) is 0 Å². The van der Waals surface area contributed by atoms with Crippen LogP contribution in [-0.4, -0.2) is 41.8 Å². The molecule has 0 unspecified atom stereocenters. The highest BCUT2D eigenvalue weighted by Crippen LogP contribution is 2.31. The van der Waals surface area contributed by atoms with Gasteiger partial charge < -0.3 is 0 Å². The highest BCUT2D eigenvalue weighted by atomic mass is 35.5. The van der Waals surface area contributed by atoms with Crippen LogP contribution in [0.15, 0.2) is 6.07 Å². The van der Waals surface area contributed by atoms with Crippen molar-refractivity contribution in [2.45, 2.75) is 0 Å². The molecule has 0 atom stereocenters. The van der Waals surface area contributed by atoms with Crippen molar-refractivity contribution in [2.24, 2.45) is 0 Å². The van der Waals surface area contributed by atoms with Crippen LogP contribution in [0, 0.1) is 0 Å². The molecule has 2 heterocycles. The zero-order chi connectivity index (χ0) is 11.5. The quantitative estimate of drug-likeness (QED) is 0.798. The molecule has 0 saturated carbocycles.